The van der Waals surface area contributed by atoms with Crippen LogP contribution in [0.4, 0.5) is 13.2 Å². The van der Waals surface area contributed by atoms with Crippen molar-refractivity contribution in [1.29, 1.82) is 0 Å². The Hall–Kier alpha value is -1.00. The van der Waals surface area contributed by atoms with Crippen molar-refractivity contribution in [2.75, 3.05) is 0 Å². The lowest BCUT2D eigenvalue weighted by molar-refractivity contribution is -0.156. The summed E-state index contributed by atoms with van der Waals surface area (Å²) < 4.78 is 39.9. The van der Waals surface area contributed by atoms with Crippen LogP contribution in [-0.4, -0.2) is 5.16 Å². The molecule has 1 heterocycles. The standard InChI is InChI=1S/C6H6F3NO/c1-3-4(2)10-11-5(3)6(7,8)9/h1-2H3. The summed E-state index contributed by atoms with van der Waals surface area (Å²) in [5.41, 5.74) is 0.329. The van der Waals surface area contributed by atoms with E-state index >= 15 is 0 Å². The Labute approximate surface area is 61.0 Å². The molecule has 0 aliphatic carbocycles. The Kier molecular flexibility index (Phi) is 1.66. The molecule has 1 aromatic rings. The molecule has 0 bridgehead atoms. The molecule has 5 heteroatoms. The summed E-state index contributed by atoms with van der Waals surface area (Å²) in [5.74, 6) is -1.00. The van der Waals surface area contributed by atoms with Crippen LogP contribution in [0.3, 0.4) is 0 Å². The van der Waals surface area contributed by atoms with Gasteiger partial charge in [0.2, 0.25) is 5.76 Å². The van der Waals surface area contributed by atoms with E-state index in [1.807, 2.05) is 0 Å². The molecule has 0 aliphatic heterocycles. The fourth-order valence-corrected chi connectivity index (χ4v) is 0.680. The fraction of sp³-hybridized carbons (Fsp3) is 0.500. The first kappa shape index (κ1) is 8.10. The second-order valence-electron chi connectivity index (χ2n) is 2.22. The lowest BCUT2D eigenvalue weighted by Gasteiger charge is -2.00. The van der Waals surface area contributed by atoms with Crippen molar-refractivity contribution in [2.24, 2.45) is 0 Å². The highest BCUT2D eigenvalue weighted by Gasteiger charge is 2.38. The molecule has 0 aromatic carbocycles. The molecule has 1 rings (SSSR count). The molecule has 0 saturated heterocycles. The molecule has 0 saturated carbocycles. The van der Waals surface area contributed by atoms with Crippen LogP contribution in [0.2, 0.25) is 0 Å². The highest BCUT2D eigenvalue weighted by molar-refractivity contribution is 5.21. The van der Waals surface area contributed by atoms with Gasteiger partial charge in [-0.2, -0.15) is 13.2 Å². The Bertz CT molecular complexity index is 263. The van der Waals surface area contributed by atoms with Crippen LogP contribution in [-0.2, 0) is 6.18 Å². The van der Waals surface area contributed by atoms with Crippen LogP contribution in [0.15, 0.2) is 4.52 Å². The van der Waals surface area contributed by atoms with Crippen molar-refractivity contribution < 1.29 is 17.7 Å². The number of hydrogen-bond acceptors (Lipinski definition) is 2. The molecule has 62 valence electrons. The molecule has 2 nitrogen and oxygen atoms in total. The van der Waals surface area contributed by atoms with Crippen molar-refractivity contribution in [3.05, 3.63) is 17.0 Å². The molecule has 0 amide bonds. The summed E-state index contributed by atoms with van der Waals surface area (Å²) >= 11 is 0. The van der Waals surface area contributed by atoms with E-state index in [0.29, 0.717) is 0 Å². The minimum absolute atomic E-state index is 0.0532. The van der Waals surface area contributed by atoms with E-state index in [-0.39, 0.29) is 11.3 Å². The lowest BCUT2D eigenvalue weighted by Crippen LogP contribution is -2.04. The Morgan fingerprint density at radius 3 is 2.00 bits per heavy atom. The average Bonchev–Trinajstić information content (AvgIpc) is 2.11. The van der Waals surface area contributed by atoms with Gasteiger partial charge < -0.3 is 4.52 Å². The molecule has 0 atom stereocenters. The SMILES string of the molecule is Cc1noc(C(F)(F)F)c1C. The van der Waals surface area contributed by atoms with Crippen LogP contribution < -0.4 is 0 Å². The van der Waals surface area contributed by atoms with Gasteiger partial charge in [-0.25, -0.2) is 0 Å². The van der Waals surface area contributed by atoms with Gasteiger partial charge >= 0.3 is 6.18 Å². The maximum absolute atomic E-state index is 11.9. The summed E-state index contributed by atoms with van der Waals surface area (Å²) in [6.07, 6.45) is -4.43. The van der Waals surface area contributed by atoms with Gasteiger partial charge in [0, 0.05) is 5.56 Å². The van der Waals surface area contributed by atoms with Crippen molar-refractivity contribution in [1.82, 2.24) is 5.16 Å². The highest BCUT2D eigenvalue weighted by atomic mass is 19.4. The first-order valence-corrected chi connectivity index (χ1v) is 2.93. The number of aromatic nitrogens is 1. The Morgan fingerprint density at radius 1 is 1.27 bits per heavy atom. The van der Waals surface area contributed by atoms with E-state index in [9.17, 15) is 13.2 Å². The van der Waals surface area contributed by atoms with E-state index in [0.717, 1.165) is 0 Å². The zero-order valence-electron chi connectivity index (χ0n) is 5.99. The number of halogens is 3. The van der Waals surface area contributed by atoms with Crippen molar-refractivity contribution in [3.63, 3.8) is 0 Å². The zero-order chi connectivity index (χ0) is 8.65. The van der Waals surface area contributed by atoms with Crippen molar-refractivity contribution in [2.45, 2.75) is 20.0 Å². The normalized spacial score (nSPS) is 12.1. The van der Waals surface area contributed by atoms with Crippen LogP contribution >= 0.6 is 0 Å². The van der Waals surface area contributed by atoms with Crippen LogP contribution in [0.25, 0.3) is 0 Å². The zero-order valence-corrected chi connectivity index (χ0v) is 5.99. The molecule has 0 spiro atoms. The predicted molar refractivity (Wildman–Crippen MR) is 31.0 cm³/mol. The van der Waals surface area contributed by atoms with E-state index in [2.05, 4.69) is 9.68 Å². The summed E-state index contributed by atoms with van der Waals surface area (Å²) in [4.78, 5) is 0. The van der Waals surface area contributed by atoms with Crippen LogP contribution in [0.5, 0.6) is 0 Å². The quantitative estimate of drug-likeness (QED) is 0.589. The molecular weight excluding hydrogens is 159 g/mol. The monoisotopic (exact) mass is 165 g/mol. The predicted octanol–water partition coefficient (Wildman–Crippen LogP) is 2.31. The molecule has 0 radical (unpaired) electrons. The Balaban J connectivity index is 3.15. The van der Waals surface area contributed by atoms with E-state index in [1.165, 1.54) is 13.8 Å². The fourth-order valence-electron chi connectivity index (χ4n) is 0.680. The van der Waals surface area contributed by atoms with Gasteiger partial charge in [-0.05, 0) is 13.8 Å². The minimum Gasteiger partial charge on any atom is -0.351 e. The third-order valence-corrected chi connectivity index (χ3v) is 1.41. The lowest BCUT2D eigenvalue weighted by atomic mass is 10.2. The van der Waals surface area contributed by atoms with Gasteiger partial charge in [0.1, 0.15) is 0 Å². The third-order valence-electron chi connectivity index (χ3n) is 1.41. The second-order valence-corrected chi connectivity index (χ2v) is 2.22. The van der Waals surface area contributed by atoms with E-state index in [1.54, 1.807) is 0 Å². The van der Waals surface area contributed by atoms with Gasteiger partial charge in [0.05, 0.1) is 5.69 Å². The largest absolute Gasteiger partial charge is 0.452 e. The number of rotatable bonds is 0. The van der Waals surface area contributed by atoms with Crippen molar-refractivity contribution >= 4 is 0 Å². The number of aryl methyl sites for hydroxylation is 1. The number of alkyl halides is 3. The maximum atomic E-state index is 11.9. The summed E-state index contributed by atoms with van der Waals surface area (Å²) in [6, 6.07) is 0. The number of hydrogen-bond donors (Lipinski definition) is 0. The average molecular weight is 165 g/mol. The van der Waals surface area contributed by atoms with E-state index in [4.69, 9.17) is 0 Å². The van der Waals surface area contributed by atoms with Gasteiger partial charge in [-0.15, -0.1) is 0 Å². The molecule has 11 heavy (non-hydrogen) atoms. The Morgan fingerprint density at radius 2 is 1.82 bits per heavy atom. The molecule has 0 fully saturated rings. The van der Waals surface area contributed by atoms with Gasteiger partial charge in [-0.1, -0.05) is 5.16 Å². The third kappa shape index (κ3) is 1.36. The summed E-state index contributed by atoms with van der Waals surface area (Å²) in [5, 5.41) is 3.19. The highest BCUT2D eigenvalue weighted by Crippen LogP contribution is 2.32. The van der Waals surface area contributed by atoms with Gasteiger partial charge in [-0.3, -0.25) is 0 Å². The van der Waals surface area contributed by atoms with Crippen LogP contribution in [0, 0.1) is 13.8 Å². The minimum atomic E-state index is -4.43. The topological polar surface area (TPSA) is 26.0 Å². The van der Waals surface area contributed by atoms with Crippen LogP contribution in [0.1, 0.15) is 17.0 Å². The first-order valence-electron chi connectivity index (χ1n) is 2.93. The molecule has 1 aromatic heterocycles. The molecule has 0 N–H and O–H groups in total. The summed E-state index contributed by atoms with van der Waals surface area (Å²) in [7, 11) is 0. The molecule has 0 aliphatic rings. The smallest absolute Gasteiger partial charge is 0.351 e. The van der Waals surface area contributed by atoms with Gasteiger partial charge in [0.15, 0.2) is 0 Å². The molecule has 0 unspecified atom stereocenters. The maximum Gasteiger partial charge on any atom is 0.452 e. The summed E-state index contributed by atoms with van der Waals surface area (Å²) in [6.45, 7) is 2.79. The first-order chi connectivity index (χ1) is 4.93. The number of nitrogens with zero attached hydrogens (tertiary/aromatic N) is 1. The molecular formula is C6H6F3NO. The van der Waals surface area contributed by atoms with E-state index < -0.39 is 11.9 Å². The van der Waals surface area contributed by atoms with Gasteiger partial charge in [0.25, 0.3) is 0 Å². The second kappa shape index (κ2) is 2.25. The van der Waals surface area contributed by atoms with Crippen molar-refractivity contribution in [3.8, 4) is 0 Å².